The van der Waals surface area contributed by atoms with Crippen molar-refractivity contribution in [1.29, 1.82) is 5.41 Å². The van der Waals surface area contributed by atoms with E-state index in [9.17, 15) is 0 Å². The fourth-order valence-electron chi connectivity index (χ4n) is 1.82. The smallest absolute Gasteiger partial charge is 0.122 e. The molecule has 0 radical (unpaired) electrons. The molecule has 22 heavy (non-hydrogen) atoms. The van der Waals surface area contributed by atoms with E-state index < -0.39 is 0 Å². The molecule has 1 aliphatic heterocycles. The third-order valence-corrected chi connectivity index (χ3v) is 3.34. The number of nitrogens with two attached hydrogens (primary N) is 2. The van der Waals surface area contributed by atoms with Crippen LogP contribution in [0.15, 0.2) is 24.3 Å². The standard InChI is InChI=1S/C12H12N2.C5H11NO2/c13-12(14)11-7-5-10(6-8-11)4-3-9-1-2-9;6-3-5-4-7-1-2-8-5/h5-9H,1-2H2,(H3,13,14);5H,1-4,6H2. The zero-order valence-corrected chi connectivity index (χ0v) is 12.7. The van der Waals surface area contributed by atoms with Crippen LogP contribution in [0.25, 0.3) is 0 Å². The number of nitrogen functional groups attached to an aromatic ring is 1. The zero-order chi connectivity index (χ0) is 15.8. The number of hydrogen-bond donors (Lipinski definition) is 3. The van der Waals surface area contributed by atoms with Crippen LogP contribution in [-0.4, -0.2) is 38.3 Å². The van der Waals surface area contributed by atoms with E-state index in [1.165, 1.54) is 12.8 Å². The minimum atomic E-state index is 0.103. The summed E-state index contributed by atoms with van der Waals surface area (Å²) in [6.45, 7) is 2.65. The molecule has 1 saturated heterocycles. The maximum Gasteiger partial charge on any atom is 0.122 e. The Kier molecular flexibility index (Phi) is 6.41. The van der Waals surface area contributed by atoms with Gasteiger partial charge >= 0.3 is 0 Å². The van der Waals surface area contributed by atoms with E-state index >= 15 is 0 Å². The van der Waals surface area contributed by atoms with Gasteiger partial charge in [-0.15, -0.1) is 0 Å². The van der Waals surface area contributed by atoms with Crippen LogP contribution < -0.4 is 11.5 Å². The van der Waals surface area contributed by atoms with E-state index in [0.717, 1.165) is 17.7 Å². The van der Waals surface area contributed by atoms with Crippen LogP contribution in [0.2, 0.25) is 0 Å². The molecule has 118 valence electrons. The lowest BCUT2D eigenvalue weighted by Gasteiger charge is -2.20. The van der Waals surface area contributed by atoms with Crippen molar-refractivity contribution in [3.63, 3.8) is 0 Å². The first kappa shape index (κ1) is 16.5. The van der Waals surface area contributed by atoms with Crippen LogP contribution in [0.5, 0.6) is 0 Å². The Labute approximate surface area is 131 Å². The van der Waals surface area contributed by atoms with Gasteiger partial charge in [-0.05, 0) is 25.0 Å². The van der Waals surface area contributed by atoms with Crippen LogP contribution >= 0.6 is 0 Å². The summed E-state index contributed by atoms with van der Waals surface area (Å²) in [6.07, 6.45) is 2.64. The van der Waals surface area contributed by atoms with E-state index in [2.05, 4.69) is 11.8 Å². The van der Waals surface area contributed by atoms with Crippen LogP contribution in [0.4, 0.5) is 0 Å². The van der Waals surface area contributed by atoms with Gasteiger partial charge in [0.15, 0.2) is 0 Å². The summed E-state index contributed by atoms with van der Waals surface area (Å²) in [6, 6.07) is 7.48. The van der Waals surface area contributed by atoms with Crippen molar-refractivity contribution in [1.82, 2.24) is 0 Å². The zero-order valence-electron chi connectivity index (χ0n) is 12.7. The van der Waals surface area contributed by atoms with Crippen LogP contribution in [0, 0.1) is 23.2 Å². The van der Waals surface area contributed by atoms with E-state index in [4.69, 9.17) is 26.4 Å². The van der Waals surface area contributed by atoms with Gasteiger partial charge in [0.2, 0.25) is 0 Å². The van der Waals surface area contributed by atoms with Crippen molar-refractivity contribution in [3.05, 3.63) is 35.4 Å². The third kappa shape index (κ3) is 5.86. The molecule has 1 aromatic rings. The van der Waals surface area contributed by atoms with Gasteiger partial charge in [-0.1, -0.05) is 24.0 Å². The predicted octanol–water partition coefficient (Wildman–Crippen LogP) is 1.09. The van der Waals surface area contributed by atoms with E-state index in [-0.39, 0.29) is 11.9 Å². The molecule has 3 rings (SSSR count). The summed E-state index contributed by atoms with van der Waals surface area (Å²) in [5, 5.41) is 7.23. The molecule has 1 atom stereocenters. The van der Waals surface area contributed by atoms with Gasteiger partial charge in [0, 0.05) is 23.6 Å². The van der Waals surface area contributed by atoms with Gasteiger partial charge in [0.05, 0.1) is 25.9 Å². The van der Waals surface area contributed by atoms with Crippen molar-refractivity contribution >= 4 is 5.84 Å². The maximum atomic E-state index is 7.23. The van der Waals surface area contributed by atoms with E-state index in [1.807, 2.05) is 24.3 Å². The number of hydrogen-bond acceptors (Lipinski definition) is 4. The summed E-state index contributed by atoms with van der Waals surface area (Å²) in [5.41, 5.74) is 12.4. The monoisotopic (exact) mass is 301 g/mol. The second kappa shape index (κ2) is 8.54. The molecule has 0 spiro atoms. The Morgan fingerprint density at radius 3 is 2.41 bits per heavy atom. The highest BCUT2D eigenvalue weighted by Crippen LogP contribution is 2.27. The first-order valence-electron chi connectivity index (χ1n) is 7.54. The quantitative estimate of drug-likeness (QED) is 0.433. The van der Waals surface area contributed by atoms with Crippen LogP contribution in [0.1, 0.15) is 24.0 Å². The maximum absolute atomic E-state index is 7.23. The van der Waals surface area contributed by atoms with Crippen molar-refractivity contribution in [2.45, 2.75) is 18.9 Å². The molecule has 1 unspecified atom stereocenters. The number of amidine groups is 1. The van der Waals surface area contributed by atoms with Gasteiger partial charge in [0.1, 0.15) is 5.84 Å². The molecule has 5 N–H and O–H groups in total. The topological polar surface area (TPSA) is 94.4 Å². The third-order valence-electron chi connectivity index (χ3n) is 3.34. The van der Waals surface area contributed by atoms with Crippen molar-refractivity contribution in [2.24, 2.45) is 17.4 Å². The Bertz CT molecular complexity index is 535. The van der Waals surface area contributed by atoms with Crippen molar-refractivity contribution < 1.29 is 9.47 Å². The highest BCUT2D eigenvalue weighted by Gasteiger charge is 2.17. The second-order valence-corrected chi connectivity index (χ2v) is 5.34. The first-order chi connectivity index (χ1) is 10.7. The van der Waals surface area contributed by atoms with Crippen LogP contribution in [-0.2, 0) is 9.47 Å². The van der Waals surface area contributed by atoms with Gasteiger partial charge in [-0.2, -0.15) is 0 Å². The predicted molar refractivity (Wildman–Crippen MR) is 86.7 cm³/mol. The molecular weight excluding hydrogens is 278 g/mol. The van der Waals surface area contributed by atoms with Gasteiger partial charge in [-0.3, -0.25) is 5.41 Å². The van der Waals surface area contributed by atoms with Crippen molar-refractivity contribution in [3.8, 4) is 11.8 Å². The summed E-state index contributed by atoms with van der Waals surface area (Å²) in [5.74, 6) is 7.03. The Morgan fingerprint density at radius 2 is 1.95 bits per heavy atom. The lowest BCUT2D eigenvalue weighted by molar-refractivity contribution is -0.0834. The summed E-state index contributed by atoms with van der Waals surface area (Å²) < 4.78 is 10.2. The van der Waals surface area contributed by atoms with Gasteiger partial charge in [-0.25, -0.2) is 0 Å². The molecule has 2 aliphatic rings. The summed E-state index contributed by atoms with van der Waals surface area (Å²) >= 11 is 0. The van der Waals surface area contributed by atoms with Gasteiger partial charge in [0.25, 0.3) is 0 Å². The number of benzene rings is 1. The lowest BCUT2D eigenvalue weighted by Crippen LogP contribution is -2.34. The molecule has 5 heteroatoms. The summed E-state index contributed by atoms with van der Waals surface area (Å²) in [4.78, 5) is 0. The Morgan fingerprint density at radius 1 is 1.23 bits per heavy atom. The number of nitrogens with one attached hydrogen (secondary N) is 1. The summed E-state index contributed by atoms with van der Waals surface area (Å²) in [7, 11) is 0. The lowest BCUT2D eigenvalue weighted by atomic mass is 10.1. The van der Waals surface area contributed by atoms with Crippen molar-refractivity contribution in [2.75, 3.05) is 26.4 Å². The van der Waals surface area contributed by atoms with E-state index in [0.29, 0.717) is 25.7 Å². The van der Waals surface area contributed by atoms with Gasteiger partial charge < -0.3 is 20.9 Å². The Hall–Kier alpha value is -1.87. The molecular formula is C17H23N3O2. The Balaban J connectivity index is 0.000000188. The molecule has 1 saturated carbocycles. The number of rotatable bonds is 2. The molecule has 5 nitrogen and oxygen atoms in total. The number of ether oxygens (including phenoxy) is 2. The molecule has 1 heterocycles. The molecule has 1 aliphatic carbocycles. The SMILES string of the molecule is N=C(N)c1ccc(C#CC2CC2)cc1.NCC1COCCO1. The fourth-order valence-corrected chi connectivity index (χ4v) is 1.82. The van der Waals surface area contributed by atoms with E-state index in [1.54, 1.807) is 0 Å². The average Bonchev–Trinajstić information content (AvgIpc) is 3.39. The molecule has 0 bridgehead atoms. The molecule has 2 fully saturated rings. The fraction of sp³-hybridized carbons (Fsp3) is 0.471. The second-order valence-electron chi connectivity index (χ2n) is 5.34. The normalized spacial score (nSPS) is 20.1. The molecule has 1 aromatic carbocycles. The first-order valence-corrected chi connectivity index (χ1v) is 7.54. The highest BCUT2D eigenvalue weighted by atomic mass is 16.6. The highest BCUT2D eigenvalue weighted by molar-refractivity contribution is 5.94. The molecule has 0 amide bonds. The largest absolute Gasteiger partial charge is 0.384 e. The van der Waals surface area contributed by atoms with Crippen LogP contribution in [0.3, 0.4) is 0 Å². The average molecular weight is 301 g/mol. The minimum absolute atomic E-state index is 0.103. The minimum Gasteiger partial charge on any atom is -0.384 e. The molecule has 0 aromatic heterocycles.